The fourth-order valence-electron chi connectivity index (χ4n) is 2.01. The van der Waals surface area contributed by atoms with Crippen LogP contribution in [-0.4, -0.2) is 25.0 Å². The van der Waals surface area contributed by atoms with Crippen LogP contribution >= 0.6 is 11.6 Å². The number of benzene rings is 2. The molecule has 0 saturated heterocycles. The van der Waals surface area contributed by atoms with Crippen LogP contribution in [-0.2, 0) is 4.79 Å². The Bertz CT molecular complexity index is 689. The zero-order valence-corrected chi connectivity index (χ0v) is 13.5. The van der Waals surface area contributed by atoms with Gasteiger partial charge in [0.1, 0.15) is 0 Å². The highest BCUT2D eigenvalue weighted by Crippen LogP contribution is 2.28. The van der Waals surface area contributed by atoms with Crippen LogP contribution in [0.15, 0.2) is 48.5 Å². The van der Waals surface area contributed by atoms with E-state index in [1.807, 2.05) is 42.5 Å². The zero-order valence-electron chi connectivity index (χ0n) is 12.7. The van der Waals surface area contributed by atoms with Gasteiger partial charge in [-0.15, -0.1) is 0 Å². The minimum absolute atomic E-state index is 0.134. The summed E-state index contributed by atoms with van der Waals surface area (Å²) in [4.78, 5) is 22.6. The summed E-state index contributed by atoms with van der Waals surface area (Å²) in [6.07, 6.45) is 0. The SMILES string of the molecule is CC(=O)NCCNC(=O)Nc1cc(-c2ccccc2)ccc1Cl. The minimum Gasteiger partial charge on any atom is -0.355 e. The molecule has 3 N–H and O–H groups in total. The van der Waals surface area contributed by atoms with Gasteiger partial charge in [-0.3, -0.25) is 4.79 Å². The van der Waals surface area contributed by atoms with Gasteiger partial charge in [0.15, 0.2) is 0 Å². The van der Waals surface area contributed by atoms with E-state index in [4.69, 9.17) is 11.6 Å². The monoisotopic (exact) mass is 331 g/mol. The average molecular weight is 332 g/mol. The molecule has 6 heteroatoms. The molecule has 0 spiro atoms. The predicted octanol–water partition coefficient (Wildman–Crippen LogP) is 3.26. The molecule has 2 rings (SSSR count). The van der Waals surface area contributed by atoms with Gasteiger partial charge >= 0.3 is 6.03 Å². The second-order valence-electron chi connectivity index (χ2n) is 4.92. The predicted molar refractivity (Wildman–Crippen MR) is 92.6 cm³/mol. The van der Waals surface area contributed by atoms with Crippen LogP contribution in [0, 0.1) is 0 Å². The van der Waals surface area contributed by atoms with Gasteiger partial charge in [0, 0.05) is 20.0 Å². The van der Waals surface area contributed by atoms with Gasteiger partial charge in [0.05, 0.1) is 10.7 Å². The van der Waals surface area contributed by atoms with Crippen molar-refractivity contribution in [2.24, 2.45) is 0 Å². The number of anilines is 1. The van der Waals surface area contributed by atoms with Crippen LogP contribution in [0.25, 0.3) is 11.1 Å². The molecule has 0 aromatic heterocycles. The fraction of sp³-hybridized carbons (Fsp3) is 0.176. The molecule has 0 aliphatic carbocycles. The summed E-state index contributed by atoms with van der Waals surface area (Å²) in [7, 11) is 0. The molecule has 2 aromatic carbocycles. The number of hydrogen-bond donors (Lipinski definition) is 3. The molecule has 0 heterocycles. The van der Waals surface area contributed by atoms with E-state index in [0.717, 1.165) is 11.1 Å². The van der Waals surface area contributed by atoms with Crippen molar-refractivity contribution >= 4 is 29.2 Å². The number of rotatable bonds is 5. The first-order valence-electron chi connectivity index (χ1n) is 7.20. The smallest absolute Gasteiger partial charge is 0.319 e. The Balaban J connectivity index is 1.99. The van der Waals surface area contributed by atoms with E-state index in [2.05, 4.69) is 16.0 Å². The van der Waals surface area contributed by atoms with E-state index < -0.39 is 0 Å². The van der Waals surface area contributed by atoms with E-state index in [1.165, 1.54) is 6.92 Å². The third-order valence-electron chi connectivity index (χ3n) is 3.11. The molecule has 3 amide bonds. The first-order chi connectivity index (χ1) is 11.1. The highest BCUT2D eigenvalue weighted by molar-refractivity contribution is 6.33. The largest absolute Gasteiger partial charge is 0.355 e. The third kappa shape index (κ3) is 5.30. The molecule has 0 aliphatic rings. The topological polar surface area (TPSA) is 70.2 Å². The number of carbonyl (C=O) groups excluding carboxylic acids is 2. The molecule has 0 radical (unpaired) electrons. The first kappa shape index (κ1) is 16.8. The molecule has 0 atom stereocenters. The van der Waals surface area contributed by atoms with Crippen molar-refractivity contribution in [3.63, 3.8) is 0 Å². The van der Waals surface area contributed by atoms with Gasteiger partial charge in [-0.2, -0.15) is 0 Å². The van der Waals surface area contributed by atoms with Crippen LogP contribution in [0.3, 0.4) is 0 Å². The molecule has 0 fully saturated rings. The normalized spacial score (nSPS) is 10.0. The number of nitrogens with one attached hydrogen (secondary N) is 3. The first-order valence-corrected chi connectivity index (χ1v) is 7.58. The molecule has 23 heavy (non-hydrogen) atoms. The standard InChI is InChI=1S/C17H18ClN3O2/c1-12(22)19-9-10-20-17(23)21-16-11-14(7-8-15(16)18)13-5-3-2-4-6-13/h2-8,11H,9-10H2,1H3,(H,19,22)(H2,20,21,23). The molecule has 0 unspecified atom stereocenters. The average Bonchev–Trinajstić information content (AvgIpc) is 2.54. The Morgan fingerprint density at radius 3 is 2.35 bits per heavy atom. The van der Waals surface area contributed by atoms with Crippen LogP contribution in [0.5, 0.6) is 0 Å². The van der Waals surface area contributed by atoms with Gasteiger partial charge in [0.2, 0.25) is 5.91 Å². The Kier molecular flexibility index (Phi) is 6.00. The second kappa shape index (κ2) is 8.19. The summed E-state index contributed by atoms with van der Waals surface area (Å²) in [5.41, 5.74) is 2.53. The van der Waals surface area contributed by atoms with E-state index in [1.54, 1.807) is 6.07 Å². The van der Waals surface area contributed by atoms with Crippen LogP contribution in [0.1, 0.15) is 6.92 Å². The molecule has 2 aromatic rings. The Hall–Kier alpha value is -2.53. The lowest BCUT2D eigenvalue weighted by atomic mass is 10.1. The van der Waals surface area contributed by atoms with E-state index in [0.29, 0.717) is 23.8 Å². The Morgan fingerprint density at radius 2 is 1.65 bits per heavy atom. The maximum atomic E-state index is 11.9. The van der Waals surface area contributed by atoms with Crippen molar-refractivity contribution < 1.29 is 9.59 Å². The van der Waals surface area contributed by atoms with Gasteiger partial charge in [-0.1, -0.05) is 48.0 Å². The number of hydrogen-bond acceptors (Lipinski definition) is 2. The number of carbonyl (C=O) groups is 2. The summed E-state index contributed by atoms with van der Waals surface area (Å²) in [5, 5.41) is 8.42. The quantitative estimate of drug-likeness (QED) is 0.736. The number of amides is 3. The van der Waals surface area contributed by atoms with E-state index in [-0.39, 0.29) is 11.9 Å². The van der Waals surface area contributed by atoms with Crippen molar-refractivity contribution in [3.8, 4) is 11.1 Å². The fourth-order valence-corrected chi connectivity index (χ4v) is 2.18. The maximum absolute atomic E-state index is 11.9. The lowest BCUT2D eigenvalue weighted by Gasteiger charge is -2.11. The van der Waals surface area contributed by atoms with Crippen molar-refractivity contribution in [1.29, 1.82) is 0 Å². The van der Waals surface area contributed by atoms with Crippen LogP contribution < -0.4 is 16.0 Å². The lowest BCUT2D eigenvalue weighted by Crippen LogP contribution is -2.36. The van der Waals surface area contributed by atoms with Gasteiger partial charge in [-0.25, -0.2) is 4.79 Å². The highest BCUT2D eigenvalue weighted by Gasteiger charge is 2.07. The van der Waals surface area contributed by atoms with Crippen molar-refractivity contribution in [3.05, 3.63) is 53.6 Å². The third-order valence-corrected chi connectivity index (χ3v) is 3.44. The summed E-state index contributed by atoms with van der Waals surface area (Å²) in [5.74, 6) is -0.134. The molecule has 0 saturated carbocycles. The van der Waals surface area contributed by atoms with Crippen molar-refractivity contribution in [1.82, 2.24) is 10.6 Å². The maximum Gasteiger partial charge on any atom is 0.319 e. The molecule has 5 nitrogen and oxygen atoms in total. The minimum atomic E-state index is -0.373. The van der Waals surface area contributed by atoms with E-state index in [9.17, 15) is 9.59 Å². The van der Waals surface area contributed by atoms with Crippen LogP contribution in [0.2, 0.25) is 5.02 Å². The molecule has 0 bridgehead atoms. The molecular formula is C17H18ClN3O2. The Labute approximate surface area is 140 Å². The highest BCUT2D eigenvalue weighted by atomic mass is 35.5. The zero-order chi connectivity index (χ0) is 16.7. The summed E-state index contributed by atoms with van der Waals surface area (Å²) in [6, 6.07) is 14.9. The van der Waals surface area contributed by atoms with E-state index >= 15 is 0 Å². The molecular weight excluding hydrogens is 314 g/mol. The summed E-state index contributed by atoms with van der Waals surface area (Å²) in [6.45, 7) is 2.14. The number of halogens is 1. The Morgan fingerprint density at radius 1 is 0.957 bits per heavy atom. The van der Waals surface area contributed by atoms with Crippen molar-refractivity contribution in [2.75, 3.05) is 18.4 Å². The summed E-state index contributed by atoms with van der Waals surface area (Å²) < 4.78 is 0. The van der Waals surface area contributed by atoms with Gasteiger partial charge < -0.3 is 16.0 Å². The van der Waals surface area contributed by atoms with Gasteiger partial charge in [-0.05, 0) is 23.3 Å². The van der Waals surface area contributed by atoms with Crippen molar-refractivity contribution in [2.45, 2.75) is 6.92 Å². The second-order valence-corrected chi connectivity index (χ2v) is 5.33. The molecule has 120 valence electrons. The molecule has 0 aliphatic heterocycles. The lowest BCUT2D eigenvalue weighted by molar-refractivity contribution is -0.118. The van der Waals surface area contributed by atoms with Crippen LogP contribution in [0.4, 0.5) is 10.5 Å². The summed E-state index contributed by atoms with van der Waals surface area (Å²) >= 11 is 6.13. The number of urea groups is 1. The van der Waals surface area contributed by atoms with Gasteiger partial charge in [0.25, 0.3) is 0 Å².